The smallest absolute Gasteiger partial charge is 0.127 e. The van der Waals surface area contributed by atoms with E-state index in [0.717, 1.165) is 30.2 Å². The fourth-order valence-electron chi connectivity index (χ4n) is 1.73. The fourth-order valence-corrected chi connectivity index (χ4v) is 1.73. The van der Waals surface area contributed by atoms with Gasteiger partial charge in [0.15, 0.2) is 0 Å². The van der Waals surface area contributed by atoms with E-state index in [1.807, 2.05) is 30.6 Å². The molecule has 0 N–H and O–H groups in total. The lowest BCUT2D eigenvalue weighted by Crippen LogP contribution is -2.21. The minimum absolute atomic E-state index is 0.801. The summed E-state index contributed by atoms with van der Waals surface area (Å²) in [6, 6.07) is 5.87. The van der Waals surface area contributed by atoms with Crippen LogP contribution in [0.15, 0.2) is 35.6 Å². The van der Waals surface area contributed by atoms with Crippen LogP contribution in [0.25, 0.3) is 0 Å². The monoisotopic (exact) mass is 232 g/mol. The Bertz CT molecular complexity index is 441. The van der Waals surface area contributed by atoms with Crippen LogP contribution < -0.4 is 9.47 Å². The van der Waals surface area contributed by atoms with Crippen LogP contribution in [0.3, 0.4) is 0 Å². The Hall–Kier alpha value is -1.97. The summed E-state index contributed by atoms with van der Waals surface area (Å²) in [6.07, 6.45) is 5.65. The molecule has 1 heterocycles. The minimum atomic E-state index is 0.801. The van der Waals surface area contributed by atoms with E-state index in [1.165, 1.54) is 0 Å². The average Bonchev–Trinajstić information content (AvgIpc) is 2.40. The van der Waals surface area contributed by atoms with Crippen molar-refractivity contribution in [3.8, 4) is 11.5 Å². The molecule has 1 aromatic rings. The summed E-state index contributed by atoms with van der Waals surface area (Å²) in [5.41, 5.74) is 1.13. The summed E-state index contributed by atoms with van der Waals surface area (Å²) in [6.45, 7) is 1.63. The number of methoxy groups -OCH3 is 2. The van der Waals surface area contributed by atoms with Crippen molar-refractivity contribution in [1.29, 1.82) is 0 Å². The SMILES string of the molecule is COc1ccc(CN2C=CN=CC2)c(OC)c1. The van der Waals surface area contributed by atoms with Gasteiger partial charge in [-0.15, -0.1) is 0 Å². The Kier molecular flexibility index (Phi) is 3.65. The topological polar surface area (TPSA) is 34.1 Å². The highest BCUT2D eigenvalue weighted by molar-refractivity contribution is 5.61. The summed E-state index contributed by atoms with van der Waals surface area (Å²) < 4.78 is 10.5. The second-order valence-electron chi connectivity index (χ2n) is 3.74. The number of hydrogen-bond donors (Lipinski definition) is 0. The lowest BCUT2D eigenvalue weighted by atomic mass is 10.1. The standard InChI is InChI=1S/C13H16N2O2/c1-16-12-4-3-11(13(9-12)17-2)10-15-7-5-14-6-8-15/h3-7,9H,8,10H2,1-2H3. The first-order valence-electron chi connectivity index (χ1n) is 5.46. The van der Waals surface area contributed by atoms with Crippen molar-refractivity contribution in [2.45, 2.75) is 6.54 Å². The molecule has 0 amide bonds. The van der Waals surface area contributed by atoms with Crippen LogP contribution in [-0.4, -0.2) is 31.9 Å². The highest BCUT2D eigenvalue weighted by Gasteiger charge is 2.08. The van der Waals surface area contributed by atoms with Gasteiger partial charge in [-0.05, 0) is 12.1 Å². The number of rotatable bonds is 4. The molecule has 0 bridgehead atoms. The molecule has 0 saturated heterocycles. The third kappa shape index (κ3) is 2.78. The van der Waals surface area contributed by atoms with Crippen molar-refractivity contribution in [3.05, 3.63) is 36.2 Å². The van der Waals surface area contributed by atoms with Gasteiger partial charge in [0.1, 0.15) is 11.5 Å². The van der Waals surface area contributed by atoms with Crippen LogP contribution in [-0.2, 0) is 6.54 Å². The molecule has 0 radical (unpaired) electrons. The first-order valence-corrected chi connectivity index (χ1v) is 5.46. The predicted molar refractivity (Wildman–Crippen MR) is 67.6 cm³/mol. The second-order valence-corrected chi connectivity index (χ2v) is 3.74. The first kappa shape index (κ1) is 11.5. The molecular formula is C13H16N2O2. The summed E-state index contributed by atoms with van der Waals surface area (Å²) in [5, 5.41) is 0. The summed E-state index contributed by atoms with van der Waals surface area (Å²) in [4.78, 5) is 6.20. The van der Waals surface area contributed by atoms with E-state index in [9.17, 15) is 0 Å². The molecule has 0 aliphatic carbocycles. The fraction of sp³-hybridized carbons (Fsp3) is 0.308. The summed E-state index contributed by atoms with van der Waals surface area (Å²) >= 11 is 0. The van der Waals surface area contributed by atoms with Crippen LogP contribution in [0.5, 0.6) is 11.5 Å². The number of aliphatic imine (C=N–C) groups is 1. The largest absolute Gasteiger partial charge is 0.497 e. The Balaban J connectivity index is 2.14. The van der Waals surface area contributed by atoms with Crippen LogP contribution in [0, 0.1) is 0 Å². The summed E-state index contributed by atoms with van der Waals surface area (Å²) in [5.74, 6) is 1.65. The molecular weight excluding hydrogens is 216 g/mol. The number of ether oxygens (including phenoxy) is 2. The van der Waals surface area contributed by atoms with E-state index in [4.69, 9.17) is 9.47 Å². The van der Waals surface area contributed by atoms with E-state index in [-0.39, 0.29) is 0 Å². The molecule has 1 aromatic carbocycles. The molecule has 0 saturated carbocycles. The van der Waals surface area contributed by atoms with E-state index < -0.39 is 0 Å². The van der Waals surface area contributed by atoms with E-state index >= 15 is 0 Å². The van der Waals surface area contributed by atoms with Crippen molar-refractivity contribution in [1.82, 2.24) is 4.90 Å². The Morgan fingerprint density at radius 3 is 2.82 bits per heavy atom. The van der Waals surface area contributed by atoms with Gasteiger partial charge >= 0.3 is 0 Å². The lowest BCUT2D eigenvalue weighted by Gasteiger charge is -2.21. The van der Waals surface area contributed by atoms with Gasteiger partial charge in [0.05, 0.1) is 20.8 Å². The molecule has 0 unspecified atom stereocenters. The van der Waals surface area contributed by atoms with Gasteiger partial charge in [-0.2, -0.15) is 0 Å². The van der Waals surface area contributed by atoms with Crippen LogP contribution in [0.2, 0.25) is 0 Å². The molecule has 2 rings (SSSR count). The maximum absolute atomic E-state index is 5.36. The zero-order chi connectivity index (χ0) is 12.1. The van der Waals surface area contributed by atoms with E-state index in [0.29, 0.717) is 0 Å². The number of hydrogen-bond acceptors (Lipinski definition) is 4. The average molecular weight is 232 g/mol. The van der Waals surface area contributed by atoms with Gasteiger partial charge in [0.2, 0.25) is 0 Å². The molecule has 90 valence electrons. The number of benzene rings is 1. The van der Waals surface area contributed by atoms with Crippen molar-refractivity contribution < 1.29 is 9.47 Å². The predicted octanol–water partition coefficient (Wildman–Crippen LogP) is 2.06. The zero-order valence-electron chi connectivity index (χ0n) is 10.1. The van der Waals surface area contributed by atoms with Gasteiger partial charge in [0, 0.05) is 36.8 Å². The van der Waals surface area contributed by atoms with Gasteiger partial charge in [-0.25, -0.2) is 0 Å². The zero-order valence-corrected chi connectivity index (χ0v) is 10.1. The quantitative estimate of drug-likeness (QED) is 0.797. The molecule has 4 nitrogen and oxygen atoms in total. The van der Waals surface area contributed by atoms with Crippen molar-refractivity contribution in [3.63, 3.8) is 0 Å². The minimum Gasteiger partial charge on any atom is -0.497 e. The maximum atomic E-state index is 5.36. The third-order valence-electron chi connectivity index (χ3n) is 2.65. The first-order chi connectivity index (χ1) is 8.33. The molecule has 17 heavy (non-hydrogen) atoms. The Morgan fingerprint density at radius 2 is 2.18 bits per heavy atom. The molecule has 1 aliphatic heterocycles. The molecule has 0 spiro atoms. The third-order valence-corrected chi connectivity index (χ3v) is 2.65. The van der Waals surface area contributed by atoms with Crippen LogP contribution in [0.1, 0.15) is 5.56 Å². The van der Waals surface area contributed by atoms with E-state index in [1.54, 1.807) is 20.4 Å². The molecule has 0 aromatic heterocycles. The van der Waals surface area contributed by atoms with Crippen molar-refractivity contribution in [2.24, 2.45) is 4.99 Å². The summed E-state index contributed by atoms with van der Waals surface area (Å²) in [7, 11) is 3.32. The highest BCUT2D eigenvalue weighted by atomic mass is 16.5. The van der Waals surface area contributed by atoms with Crippen LogP contribution in [0.4, 0.5) is 0 Å². The van der Waals surface area contributed by atoms with Crippen molar-refractivity contribution >= 4 is 6.21 Å². The maximum Gasteiger partial charge on any atom is 0.127 e. The van der Waals surface area contributed by atoms with Gasteiger partial charge in [-0.1, -0.05) is 0 Å². The normalized spacial score (nSPS) is 13.9. The Morgan fingerprint density at radius 1 is 1.29 bits per heavy atom. The molecule has 0 atom stereocenters. The van der Waals surface area contributed by atoms with Crippen LogP contribution >= 0.6 is 0 Å². The molecule has 1 aliphatic rings. The molecule has 0 fully saturated rings. The highest BCUT2D eigenvalue weighted by Crippen LogP contribution is 2.25. The molecule has 4 heteroatoms. The second kappa shape index (κ2) is 5.39. The van der Waals surface area contributed by atoms with E-state index in [2.05, 4.69) is 9.89 Å². The lowest BCUT2D eigenvalue weighted by molar-refractivity contribution is 0.372. The van der Waals surface area contributed by atoms with Gasteiger partial charge in [0.25, 0.3) is 0 Å². The number of nitrogens with zero attached hydrogens (tertiary/aromatic N) is 2. The van der Waals surface area contributed by atoms with Gasteiger partial charge in [-0.3, -0.25) is 4.99 Å². The Labute approximate surface area is 101 Å². The van der Waals surface area contributed by atoms with Crippen molar-refractivity contribution in [2.75, 3.05) is 20.8 Å². The van der Waals surface area contributed by atoms with Gasteiger partial charge < -0.3 is 14.4 Å².